The van der Waals surface area contributed by atoms with Crippen molar-refractivity contribution in [1.82, 2.24) is 4.90 Å². The maximum atomic E-state index is 13.1. The second kappa shape index (κ2) is 6.33. The molecule has 0 saturated carbocycles. The summed E-state index contributed by atoms with van der Waals surface area (Å²) < 4.78 is 26.2. The first kappa shape index (κ1) is 15.6. The Labute approximate surface area is 123 Å². The maximum Gasteiger partial charge on any atom is 0.123 e. The lowest BCUT2D eigenvalue weighted by Gasteiger charge is -2.30. The molecule has 2 aromatic carbocycles. The lowest BCUT2D eigenvalue weighted by atomic mass is 9.83. The van der Waals surface area contributed by atoms with Crippen molar-refractivity contribution in [2.45, 2.75) is 12.0 Å². The topological polar surface area (TPSA) is 23.5 Å². The molecule has 0 aliphatic carbocycles. The molecular formula is C17H19F2NO. The van der Waals surface area contributed by atoms with E-state index < -0.39 is 5.60 Å². The zero-order chi connectivity index (χ0) is 15.5. The Morgan fingerprint density at radius 2 is 1.24 bits per heavy atom. The summed E-state index contributed by atoms with van der Waals surface area (Å²) in [5.74, 6) is -0.708. The van der Waals surface area contributed by atoms with E-state index in [1.165, 1.54) is 24.3 Å². The van der Waals surface area contributed by atoms with Crippen LogP contribution in [0.4, 0.5) is 8.78 Å². The molecule has 0 atom stereocenters. The molecule has 0 bridgehead atoms. The Balaban J connectivity index is 2.42. The zero-order valence-electron chi connectivity index (χ0n) is 12.2. The fourth-order valence-corrected chi connectivity index (χ4v) is 2.29. The van der Waals surface area contributed by atoms with Crippen molar-refractivity contribution in [3.8, 4) is 0 Å². The number of halogens is 2. The molecule has 2 aromatic rings. The molecule has 0 saturated heterocycles. The summed E-state index contributed by atoms with van der Waals surface area (Å²) in [4.78, 5) is 1.96. The number of benzene rings is 2. The molecule has 0 aliphatic rings. The van der Waals surface area contributed by atoms with Crippen LogP contribution in [0, 0.1) is 11.6 Å². The third-order valence-corrected chi connectivity index (χ3v) is 3.56. The van der Waals surface area contributed by atoms with Crippen molar-refractivity contribution in [3.05, 3.63) is 71.3 Å². The summed E-state index contributed by atoms with van der Waals surface area (Å²) in [5.41, 5.74) is -0.0826. The summed E-state index contributed by atoms with van der Waals surface area (Å²) >= 11 is 0. The highest BCUT2D eigenvalue weighted by molar-refractivity contribution is 5.36. The first-order chi connectivity index (χ1) is 9.91. The average molecular weight is 291 g/mol. The number of aliphatic hydroxyl groups is 1. The molecule has 4 heteroatoms. The van der Waals surface area contributed by atoms with Crippen molar-refractivity contribution >= 4 is 0 Å². The van der Waals surface area contributed by atoms with E-state index in [1.807, 2.05) is 19.0 Å². The Kier molecular flexibility index (Phi) is 4.70. The van der Waals surface area contributed by atoms with Gasteiger partial charge in [0.1, 0.15) is 17.2 Å². The predicted octanol–water partition coefficient (Wildman–Crippen LogP) is 3.15. The van der Waals surface area contributed by atoms with Gasteiger partial charge >= 0.3 is 0 Å². The number of rotatable bonds is 5. The van der Waals surface area contributed by atoms with Crippen LogP contribution in [0.25, 0.3) is 0 Å². The zero-order valence-corrected chi connectivity index (χ0v) is 12.2. The van der Waals surface area contributed by atoms with Gasteiger partial charge < -0.3 is 10.0 Å². The van der Waals surface area contributed by atoms with Crippen LogP contribution in [0.1, 0.15) is 17.5 Å². The second-order valence-electron chi connectivity index (χ2n) is 5.43. The summed E-state index contributed by atoms with van der Waals surface area (Å²) in [6.45, 7) is 0.644. The van der Waals surface area contributed by atoms with E-state index in [0.29, 0.717) is 24.1 Å². The molecule has 0 spiro atoms. The highest BCUT2D eigenvalue weighted by Crippen LogP contribution is 2.33. The van der Waals surface area contributed by atoms with Gasteiger partial charge in [0.25, 0.3) is 0 Å². The highest BCUT2D eigenvalue weighted by Gasteiger charge is 2.31. The molecule has 0 amide bonds. The Bertz CT molecular complexity index is 533. The molecule has 2 rings (SSSR count). The maximum absolute atomic E-state index is 13.1. The molecule has 0 aliphatic heterocycles. The molecule has 21 heavy (non-hydrogen) atoms. The van der Waals surface area contributed by atoms with Gasteiger partial charge in [-0.25, -0.2) is 8.78 Å². The SMILES string of the molecule is CN(C)CCC(O)(c1ccc(F)cc1)c1ccc(F)cc1. The monoisotopic (exact) mass is 291 g/mol. The predicted molar refractivity (Wildman–Crippen MR) is 79.0 cm³/mol. The van der Waals surface area contributed by atoms with Gasteiger partial charge in [-0.3, -0.25) is 0 Å². The molecule has 0 unspecified atom stereocenters. The van der Waals surface area contributed by atoms with Crippen LogP contribution in [-0.2, 0) is 5.60 Å². The lowest BCUT2D eigenvalue weighted by molar-refractivity contribution is 0.0628. The van der Waals surface area contributed by atoms with Crippen LogP contribution >= 0.6 is 0 Å². The van der Waals surface area contributed by atoms with E-state index in [1.54, 1.807) is 24.3 Å². The van der Waals surface area contributed by atoms with Gasteiger partial charge in [-0.15, -0.1) is 0 Å². The van der Waals surface area contributed by atoms with Crippen molar-refractivity contribution in [2.24, 2.45) is 0 Å². The Hall–Kier alpha value is -1.78. The van der Waals surface area contributed by atoms with E-state index in [9.17, 15) is 13.9 Å². The van der Waals surface area contributed by atoms with Gasteiger partial charge in [-0.2, -0.15) is 0 Å². The normalized spacial score (nSPS) is 11.9. The van der Waals surface area contributed by atoms with Gasteiger partial charge in [0.05, 0.1) is 0 Å². The third kappa shape index (κ3) is 3.65. The minimum Gasteiger partial charge on any atom is -0.380 e. The molecule has 0 radical (unpaired) electrons. The van der Waals surface area contributed by atoms with Crippen LogP contribution in [0.15, 0.2) is 48.5 Å². The van der Waals surface area contributed by atoms with Crippen LogP contribution < -0.4 is 0 Å². The number of hydrogen-bond donors (Lipinski definition) is 1. The molecule has 0 heterocycles. The van der Waals surface area contributed by atoms with Gasteiger partial charge in [-0.1, -0.05) is 24.3 Å². The summed E-state index contributed by atoms with van der Waals surface area (Å²) in [5, 5.41) is 11.1. The Morgan fingerprint density at radius 1 is 0.857 bits per heavy atom. The fourth-order valence-electron chi connectivity index (χ4n) is 2.29. The van der Waals surface area contributed by atoms with Gasteiger partial charge in [0.2, 0.25) is 0 Å². The highest BCUT2D eigenvalue weighted by atomic mass is 19.1. The Morgan fingerprint density at radius 3 is 1.57 bits per heavy atom. The van der Waals surface area contributed by atoms with Crippen molar-refractivity contribution < 1.29 is 13.9 Å². The summed E-state index contributed by atoms with van der Waals surface area (Å²) in [6, 6.07) is 11.5. The molecule has 112 valence electrons. The summed E-state index contributed by atoms with van der Waals surface area (Å²) in [6.07, 6.45) is 0.428. The standard InChI is InChI=1S/C17H19F2NO/c1-20(2)12-11-17(21,13-3-7-15(18)8-4-13)14-5-9-16(19)10-6-14/h3-10,21H,11-12H2,1-2H3. The average Bonchev–Trinajstić information content (AvgIpc) is 2.46. The van der Waals surface area contributed by atoms with E-state index in [-0.39, 0.29) is 11.6 Å². The molecule has 0 aromatic heterocycles. The number of hydrogen-bond acceptors (Lipinski definition) is 2. The van der Waals surface area contributed by atoms with Crippen molar-refractivity contribution in [2.75, 3.05) is 20.6 Å². The number of nitrogens with zero attached hydrogens (tertiary/aromatic N) is 1. The van der Waals surface area contributed by atoms with E-state index in [2.05, 4.69) is 0 Å². The van der Waals surface area contributed by atoms with Gasteiger partial charge in [-0.05, 0) is 55.9 Å². The minimum atomic E-state index is -1.27. The van der Waals surface area contributed by atoms with E-state index in [4.69, 9.17) is 0 Å². The van der Waals surface area contributed by atoms with E-state index in [0.717, 1.165) is 0 Å². The van der Waals surface area contributed by atoms with Gasteiger partial charge in [0.15, 0.2) is 0 Å². The first-order valence-corrected chi connectivity index (χ1v) is 6.81. The smallest absolute Gasteiger partial charge is 0.123 e. The first-order valence-electron chi connectivity index (χ1n) is 6.81. The van der Waals surface area contributed by atoms with Gasteiger partial charge in [0, 0.05) is 6.54 Å². The van der Waals surface area contributed by atoms with Crippen molar-refractivity contribution in [1.29, 1.82) is 0 Å². The quantitative estimate of drug-likeness (QED) is 0.914. The largest absolute Gasteiger partial charge is 0.380 e. The third-order valence-electron chi connectivity index (χ3n) is 3.56. The molecule has 1 N–H and O–H groups in total. The van der Waals surface area contributed by atoms with Crippen molar-refractivity contribution in [3.63, 3.8) is 0 Å². The van der Waals surface area contributed by atoms with Crippen LogP contribution in [-0.4, -0.2) is 30.6 Å². The van der Waals surface area contributed by atoms with E-state index >= 15 is 0 Å². The van der Waals surface area contributed by atoms with Crippen LogP contribution in [0.3, 0.4) is 0 Å². The lowest BCUT2D eigenvalue weighted by Crippen LogP contribution is -2.31. The second-order valence-corrected chi connectivity index (χ2v) is 5.43. The molecule has 2 nitrogen and oxygen atoms in total. The summed E-state index contributed by atoms with van der Waals surface area (Å²) in [7, 11) is 3.82. The molecular weight excluding hydrogens is 272 g/mol. The minimum absolute atomic E-state index is 0.354. The van der Waals surface area contributed by atoms with Crippen LogP contribution in [0.2, 0.25) is 0 Å². The molecule has 0 fully saturated rings. The van der Waals surface area contributed by atoms with Crippen LogP contribution in [0.5, 0.6) is 0 Å². The fraction of sp³-hybridized carbons (Fsp3) is 0.294.